The van der Waals surface area contributed by atoms with E-state index in [0.29, 0.717) is 12.6 Å². The normalized spacial score (nSPS) is 14.5. The summed E-state index contributed by atoms with van der Waals surface area (Å²) in [5.41, 5.74) is 2.92. The van der Waals surface area contributed by atoms with Crippen molar-refractivity contribution in [1.29, 1.82) is 0 Å². The molecule has 2 aromatic rings. The lowest BCUT2D eigenvalue weighted by atomic mass is 10.1. The molecule has 5 heteroatoms. The number of hydrogen-bond acceptors (Lipinski definition) is 4. The highest BCUT2D eigenvalue weighted by molar-refractivity contribution is 5.89. The van der Waals surface area contributed by atoms with Gasteiger partial charge in [0.2, 0.25) is 0 Å². The molecule has 0 radical (unpaired) electrons. The van der Waals surface area contributed by atoms with Gasteiger partial charge in [0.25, 0.3) is 0 Å². The predicted molar refractivity (Wildman–Crippen MR) is 79.4 cm³/mol. The predicted octanol–water partition coefficient (Wildman–Crippen LogP) is 2.86. The third-order valence-corrected chi connectivity index (χ3v) is 3.37. The summed E-state index contributed by atoms with van der Waals surface area (Å²) in [6, 6.07) is 2.48. The van der Waals surface area contributed by atoms with Crippen LogP contribution in [0.2, 0.25) is 0 Å². The molecule has 0 bridgehead atoms. The lowest BCUT2D eigenvalue weighted by Crippen LogP contribution is -1.98. The summed E-state index contributed by atoms with van der Waals surface area (Å²) in [7, 11) is 0. The van der Waals surface area contributed by atoms with Crippen LogP contribution in [0.5, 0.6) is 0 Å². The van der Waals surface area contributed by atoms with Gasteiger partial charge in [-0.05, 0) is 37.5 Å². The van der Waals surface area contributed by atoms with Crippen molar-refractivity contribution in [3.05, 3.63) is 42.5 Å². The first-order chi connectivity index (χ1) is 10.3. The number of aromatic nitrogens is 3. The second-order valence-corrected chi connectivity index (χ2v) is 4.99. The third-order valence-electron chi connectivity index (χ3n) is 3.37. The van der Waals surface area contributed by atoms with Crippen molar-refractivity contribution in [2.45, 2.75) is 25.8 Å². The number of esters is 1. The number of carbonyl (C=O) groups excluding carboxylic acids is 1. The molecule has 2 heterocycles. The Balaban J connectivity index is 1.86. The van der Waals surface area contributed by atoms with Gasteiger partial charge in [-0.25, -0.2) is 4.79 Å². The van der Waals surface area contributed by atoms with E-state index in [1.165, 1.54) is 18.9 Å². The standard InChI is InChI=1S/C16H17N3O2/c1-2-21-16(20)6-3-12-9-17-8-7-15(12)13-10-18-19(11-13)14-4-5-14/h3,6-11,14H,2,4-5H2,1H3/b6-3+. The number of nitrogens with zero attached hydrogens (tertiary/aromatic N) is 3. The van der Waals surface area contributed by atoms with Crippen molar-refractivity contribution in [3.63, 3.8) is 0 Å². The zero-order valence-electron chi connectivity index (χ0n) is 11.9. The van der Waals surface area contributed by atoms with E-state index in [4.69, 9.17) is 4.74 Å². The lowest BCUT2D eigenvalue weighted by Gasteiger charge is -2.02. The smallest absolute Gasteiger partial charge is 0.330 e. The van der Waals surface area contributed by atoms with Crippen LogP contribution in [0.15, 0.2) is 36.9 Å². The Kier molecular flexibility index (Phi) is 3.81. The molecule has 0 atom stereocenters. The van der Waals surface area contributed by atoms with Crippen LogP contribution in [0.25, 0.3) is 17.2 Å². The summed E-state index contributed by atoms with van der Waals surface area (Å²) in [5.74, 6) is -0.346. The van der Waals surface area contributed by atoms with Crippen molar-refractivity contribution >= 4 is 12.0 Å². The van der Waals surface area contributed by atoms with Gasteiger partial charge in [-0.2, -0.15) is 5.10 Å². The minimum absolute atomic E-state index is 0.346. The first-order valence-corrected chi connectivity index (χ1v) is 7.11. The third kappa shape index (κ3) is 3.18. The maximum atomic E-state index is 11.4. The SMILES string of the molecule is CCOC(=O)/C=C/c1cnccc1-c1cnn(C2CC2)c1. The maximum absolute atomic E-state index is 11.4. The molecule has 5 nitrogen and oxygen atoms in total. The van der Waals surface area contributed by atoms with Crippen molar-refractivity contribution in [1.82, 2.24) is 14.8 Å². The van der Waals surface area contributed by atoms with E-state index in [-0.39, 0.29) is 5.97 Å². The fourth-order valence-electron chi connectivity index (χ4n) is 2.17. The number of pyridine rings is 1. The van der Waals surface area contributed by atoms with E-state index < -0.39 is 0 Å². The fraction of sp³-hybridized carbons (Fsp3) is 0.312. The Bertz CT molecular complexity index is 672. The number of carbonyl (C=O) groups is 1. The van der Waals surface area contributed by atoms with Gasteiger partial charge >= 0.3 is 5.97 Å². The molecule has 3 rings (SSSR count). The van der Waals surface area contributed by atoms with E-state index in [1.54, 1.807) is 25.4 Å². The van der Waals surface area contributed by atoms with Crippen LogP contribution in [0, 0.1) is 0 Å². The zero-order valence-corrected chi connectivity index (χ0v) is 11.9. The highest BCUT2D eigenvalue weighted by Gasteiger charge is 2.24. The molecule has 1 fully saturated rings. The van der Waals surface area contributed by atoms with Crippen LogP contribution >= 0.6 is 0 Å². The van der Waals surface area contributed by atoms with Crippen LogP contribution in [-0.4, -0.2) is 27.3 Å². The summed E-state index contributed by atoms with van der Waals surface area (Å²) in [4.78, 5) is 15.5. The zero-order chi connectivity index (χ0) is 14.7. The van der Waals surface area contributed by atoms with E-state index in [0.717, 1.165) is 16.7 Å². The van der Waals surface area contributed by atoms with Crippen LogP contribution in [0.1, 0.15) is 31.4 Å². The Morgan fingerprint density at radius 2 is 2.33 bits per heavy atom. The average molecular weight is 283 g/mol. The molecule has 0 N–H and O–H groups in total. The van der Waals surface area contributed by atoms with Crippen molar-refractivity contribution in [3.8, 4) is 11.1 Å². The molecule has 0 spiro atoms. The van der Waals surface area contributed by atoms with Gasteiger partial charge in [-0.15, -0.1) is 0 Å². The summed E-state index contributed by atoms with van der Waals surface area (Å²) >= 11 is 0. The van der Waals surface area contributed by atoms with Crippen LogP contribution in [-0.2, 0) is 9.53 Å². The monoisotopic (exact) mass is 283 g/mol. The molecule has 0 saturated heterocycles. The molecule has 21 heavy (non-hydrogen) atoms. The van der Waals surface area contributed by atoms with E-state index in [9.17, 15) is 4.79 Å². The molecule has 0 aromatic carbocycles. The van der Waals surface area contributed by atoms with Gasteiger partial charge < -0.3 is 4.74 Å². The van der Waals surface area contributed by atoms with Gasteiger partial charge in [0.15, 0.2) is 0 Å². The highest BCUT2D eigenvalue weighted by atomic mass is 16.5. The Morgan fingerprint density at radius 3 is 3.10 bits per heavy atom. The largest absolute Gasteiger partial charge is 0.463 e. The Morgan fingerprint density at radius 1 is 1.48 bits per heavy atom. The molecule has 1 aliphatic carbocycles. The topological polar surface area (TPSA) is 57.0 Å². The molecule has 1 saturated carbocycles. The van der Waals surface area contributed by atoms with E-state index in [2.05, 4.69) is 16.3 Å². The molecular formula is C16H17N3O2. The van der Waals surface area contributed by atoms with Crippen LogP contribution < -0.4 is 0 Å². The van der Waals surface area contributed by atoms with Crippen molar-refractivity contribution < 1.29 is 9.53 Å². The molecule has 0 amide bonds. The lowest BCUT2D eigenvalue weighted by molar-refractivity contribution is -0.137. The number of rotatable bonds is 5. The molecule has 0 aliphatic heterocycles. The Labute approximate surface area is 123 Å². The van der Waals surface area contributed by atoms with E-state index in [1.807, 2.05) is 16.9 Å². The Hall–Kier alpha value is -2.43. The molecule has 1 aliphatic rings. The van der Waals surface area contributed by atoms with E-state index >= 15 is 0 Å². The minimum atomic E-state index is -0.346. The summed E-state index contributed by atoms with van der Waals surface area (Å²) in [6.45, 7) is 2.16. The molecular weight excluding hydrogens is 266 g/mol. The quantitative estimate of drug-likeness (QED) is 0.625. The maximum Gasteiger partial charge on any atom is 0.330 e. The second-order valence-electron chi connectivity index (χ2n) is 4.99. The first-order valence-electron chi connectivity index (χ1n) is 7.11. The first kappa shape index (κ1) is 13.5. The van der Waals surface area contributed by atoms with Crippen molar-refractivity contribution in [2.75, 3.05) is 6.61 Å². The minimum Gasteiger partial charge on any atom is -0.463 e. The summed E-state index contributed by atoms with van der Waals surface area (Å²) in [6.07, 6.45) is 12.9. The van der Waals surface area contributed by atoms with Gasteiger partial charge in [0.05, 0.1) is 18.8 Å². The second kappa shape index (κ2) is 5.91. The highest BCUT2D eigenvalue weighted by Crippen LogP contribution is 2.35. The van der Waals surface area contributed by atoms with Gasteiger partial charge in [-0.3, -0.25) is 9.67 Å². The van der Waals surface area contributed by atoms with Gasteiger partial charge in [-0.1, -0.05) is 0 Å². The fourth-order valence-corrected chi connectivity index (χ4v) is 2.17. The summed E-state index contributed by atoms with van der Waals surface area (Å²) in [5, 5.41) is 4.40. The van der Waals surface area contributed by atoms with Gasteiger partial charge in [0, 0.05) is 35.8 Å². The number of ether oxygens (including phenoxy) is 1. The molecule has 0 unspecified atom stereocenters. The average Bonchev–Trinajstić information content (AvgIpc) is 3.24. The van der Waals surface area contributed by atoms with Gasteiger partial charge in [0.1, 0.15) is 0 Å². The number of hydrogen-bond donors (Lipinski definition) is 0. The van der Waals surface area contributed by atoms with Crippen LogP contribution in [0.3, 0.4) is 0 Å². The summed E-state index contributed by atoms with van der Waals surface area (Å²) < 4.78 is 6.90. The molecule has 2 aromatic heterocycles. The van der Waals surface area contributed by atoms with Crippen molar-refractivity contribution in [2.24, 2.45) is 0 Å². The molecule has 108 valence electrons. The van der Waals surface area contributed by atoms with Crippen LogP contribution in [0.4, 0.5) is 0 Å².